The molecular weight excluding hydrogens is 324 g/mol. The number of aryl methyl sites for hydroxylation is 2. The van der Waals surface area contributed by atoms with Gasteiger partial charge in [0.2, 0.25) is 5.13 Å². The molecule has 0 atom stereocenters. The Bertz CT molecular complexity index is 898. The number of rotatable bonds is 4. The van der Waals surface area contributed by atoms with Crippen molar-refractivity contribution in [3.05, 3.63) is 41.4 Å². The summed E-state index contributed by atoms with van der Waals surface area (Å²) in [5, 5.41) is 8.46. The van der Waals surface area contributed by atoms with E-state index in [1.165, 1.54) is 29.7 Å². The SMILES string of the molecule is Cc1nc(-c2ccc(S(=O)(=O)Nc3nnc(C)s3)cc2)co1. The van der Waals surface area contributed by atoms with E-state index in [0.717, 1.165) is 5.56 Å². The first-order valence-electron chi connectivity index (χ1n) is 6.29. The molecule has 1 aromatic carbocycles. The highest BCUT2D eigenvalue weighted by molar-refractivity contribution is 7.93. The van der Waals surface area contributed by atoms with Gasteiger partial charge in [-0.2, -0.15) is 0 Å². The van der Waals surface area contributed by atoms with Gasteiger partial charge in [0.15, 0.2) is 5.89 Å². The maximum Gasteiger partial charge on any atom is 0.263 e. The van der Waals surface area contributed by atoms with E-state index in [1.807, 2.05) is 0 Å². The molecule has 1 N–H and O–H groups in total. The van der Waals surface area contributed by atoms with Crippen LogP contribution in [0, 0.1) is 13.8 Å². The van der Waals surface area contributed by atoms with Crippen molar-refractivity contribution >= 4 is 26.5 Å². The maximum atomic E-state index is 12.3. The third-order valence-electron chi connectivity index (χ3n) is 2.83. The molecule has 0 fully saturated rings. The summed E-state index contributed by atoms with van der Waals surface area (Å²) >= 11 is 1.18. The second-order valence-corrected chi connectivity index (χ2v) is 7.37. The molecule has 0 saturated heterocycles. The highest BCUT2D eigenvalue weighted by Crippen LogP contribution is 2.23. The predicted octanol–water partition coefficient (Wildman–Crippen LogP) is 2.61. The van der Waals surface area contributed by atoms with E-state index in [1.54, 1.807) is 26.0 Å². The van der Waals surface area contributed by atoms with Crippen LogP contribution in [-0.4, -0.2) is 23.6 Å². The lowest BCUT2D eigenvalue weighted by molar-refractivity contribution is 0.521. The highest BCUT2D eigenvalue weighted by Gasteiger charge is 2.16. The lowest BCUT2D eigenvalue weighted by atomic mass is 10.2. The normalized spacial score (nSPS) is 11.5. The van der Waals surface area contributed by atoms with E-state index in [0.29, 0.717) is 16.6 Å². The molecule has 3 aromatic rings. The third-order valence-corrected chi connectivity index (χ3v) is 5.07. The minimum Gasteiger partial charge on any atom is -0.449 e. The van der Waals surface area contributed by atoms with Gasteiger partial charge in [0, 0.05) is 12.5 Å². The van der Waals surface area contributed by atoms with Crippen molar-refractivity contribution in [3.8, 4) is 11.3 Å². The fourth-order valence-corrected chi connectivity index (χ4v) is 3.63. The van der Waals surface area contributed by atoms with Crippen molar-refractivity contribution in [2.24, 2.45) is 0 Å². The van der Waals surface area contributed by atoms with Gasteiger partial charge in [-0.05, 0) is 19.1 Å². The molecule has 0 radical (unpaired) electrons. The van der Waals surface area contributed by atoms with Crippen LogP contribution in [0.2, 0.25) is 0 Å². The van der Waals surface area contributed by atoms with Gasteiger partial charge >= 0.3 is 0 Å². The molecule has 0 aliphatic rings. The minimum absolute atomic E-state index is 0.143. The van der Waals surface area contributed by atoms with Crippen LogP contribution in [0.25, 0.3) is 11.3 Å². The lowest BCUT2D eigenvalue weighted by Gasteiger charge is -2.05. The monoisotopic (exact) mass is 336 g/mol. The van der Waals surface area contributed by atoms with Crippen LogP contribution >= 0.6 is 11.3 Å². The molecule has 0 bridgehead atoms. The number of anilines is 1. The van der Waals surface area contributed by atoms with Crippen LogP contribution < -0.4 is 4.72 Å². The average molecular weight is 336 g/mol. The molecule has 2 aromatic heterocycles. The van der Waals surface area contributed by atoms with E-state index >= 15 is 0 Å². The van der Waals surface area contributed by atoms with Crippen LogP contribution in [0.3, 0.4) is 0 Å². The minimum atomic E-state index is -3.68. The third kappa shape index (κ3) is 3.00. The van der Waals surface area contributed by atoms with Crippen molar-refractivity contribution in [1.29, 1.82) is 0 Å². The van der Waals surface area contributed by atoms with Crippen molar-refractivity contribution in [2.75, 3.05) is 4.72 Å². The van der Waals surface area contributed by atoms with Gasteiger partial charge in [-0.25, -0.2) is 13.4 Å². The molecule has 114 valence electrons. The fourth-order valence-electron chi connectivity index (χ4n) is 1.81. The average Bonchev–Trinajstić information content (AvgIpc) is 3.07. The number of oxazole rings is 1. The van der Waals surface area contributed by atoms with Gasteiger partial charge in [0.1, 0.15) is 17.0 Å². The topological polar surface area (TPSA) is 98.0 Å². The molecule has 3 rings (SSSR count). The van der Waals surface area contributed by atoms with Gasteiger partial charge in [-0.1, -0.05) is 23.5 Å². The van der Waals surface area contributed by atoms with E-state index in [-0.39, 0.29) is 10.0 Å². The second-order valence-electron chi connectivity index (χ2n) is 4.51. The molecule has 2 heterocycles. The number of sulfonamides is 1. The molecule has 0 aliphatic heterocycles. The summed E-state index contributed by atoms with van der Waals surface area (Å²) in [7, 11) is -3.68. The van der Waals surface area contributed by atoms with E-state index < -0.39 is 10.0 Å². The van der Waals surface area contributed by atoms with E-state index in [4.69, 9.17) is 4.42 Å². The van der Waals surface area contributed by atoms with Gasteiger partial charge in [-0.15, -0.1) is 10.2 Å². The molecule has 0 saturated carbocycles. The quantitative estimate of drug-likeness (QED) is 0.786. The van der Waals surface area contributed by atoms with Crippen LogP contribution in [0.1, 0.15) is 10.9 Å². The zero-order chi connectivity index (χ0) is 15.7. The second kappa shape index (κ2) is 5.50. The summed E-state index contributed by atoms with van der Waals surface area (Å²) < 4.78 is 32.1. The molecule has 22 heavy (non-hydrogen) atoms. The zero-order valence-corrected chi connectivity index (χ0v) is 13.4. The number of nitrogens with zero attached hydrogens (tertiary/aromatic N) is 3. The molecule has 0 aliphatic carbocycles. The van der Waals surface area contributed by atoms with E-state index in [9.17, 15) is 8.42 Å². The largest absolute Gasteiger partial charge is 0.449 e. The molecule has 0 amide bonds. The predicted molar refractivity (Wildman–Crippen MR) is 82.1 cm³/mol. The Hall–Kier alpha value is -2.26. The van der Waals surface area contributed by atoms with Crippen molar-refractivity contribution in [1.82, 2.24) is 15.2 Å². The summed E-state index contributed by atoms with van der Waals surface area (Å²) in [5.41, 5.74) is 1.44. The molecular formula is C13H12N4O3S2. The maximum absolute atomic E-state index is 12.3. The number of aromatic nitrogens is 3. The first-order chi connectivity index (χ1) is 10.4. The Morgan fingerprint density at radius 3 is 2.41 bits per heavy atom. The van der Waals surface area contributed by atoms with Gasteiger partial charge in [0.05, 0.1) is 4.90 Å². The molecule has 0 unspecified atom stereocenters. The number of nitrogens with one attached hydrogen (secondary N) is 1. The van der Waals surface area contributed by atoms with Crippen molar-refractivity contribution in [3.63, 3.8) is 0 Å². The zero-order valence-electron chi connectivity index (χ0n) is 11.8. The lowest BCUT2D eigenvalue weighted by Crippen LogP contribution is -2.12. The van der Waals surface area contributed by atoms with Crippen LogP contribution in [-0.2, 0) is 10.0 Å². The van der Waals surface area contributed by atoms with Crippen LogP contribution in [0.4, 0.5) is 5.13 Å². The Labute approximate surface area is 131 Å². The van der Waals surface area contributed by atoms with Gasteiger partial charge < -0.3 is 4.42 Å². The number of hydrogen-bond donors (Lipinski definition) is 1. The number of benzene rings is 1. The van der Waals surface area contributed by atoms with Crippen molar-refractivity contribution in [2.45, 2.75) is 18.7 Å². The summed E-state index contributed by atoms with van der Waals surface area (Å²) in [6.45, 7) is 3.50. The van der Waals surface area contributed by atoms with Crippen LogP contribution in [0.15, 0.2) is 39.8 Å². The first-order valence-corrected chi connectivity index (χ1v) is 8.59. The molecule has 0 spiro atoms. The summed E-state index contributed by atoms with van der Waals surface area (Å²) in [6, 6.07) is 6.37. The Balaban J connectivity index is 1.85. The number of hydrogen-bond acceptors (Lipinski definition) is 7. The summed E-state index contributed by atoms with van der Waals surface area (Å²) in [5.74, 6) is 0.556. The van der Waals surface area contributed by atoms with Gasteiger partial charge in [0.25, 0.3) is 10.0 Å². The molecule has 7 nitrogen and oxygen atoms in total. The first kappa shape index (κ1) is 14.7. The fraction of sp³-hybridized carbons (Fsp3) is 0.154. The highest BCUT2D eigenvalue weighted by atomic mass is 32.2. The Morgan fingerprint density at radius 1 is 1.14 bits per heavy atom. The van der Waals surface area contributed by atoms with Gasteiger partial charge in [-0.3, -0.25) is 4.72 Å². The van der Waals surface area contributed by atoms with Crippen molar-refractivity contribution < 1.29 is 12.8 Å². The van der Waals surface area contributed by atoms with Crippen LogP contribution in [0.5, 0.6) is 0 Å². The summed E-state index contributed by atoms with van der Waals surface area (Å²) in [4.78, 5) is 4.34. The standard InChI is InChI=1S/C13H12N4O3S2/c1-8-14-12(7-20-8)10-3-5-11(6-4-10)22(18,19)17-13-16-15-9(2)21-13/h3-7H,1-2H3,(H,16,17). The smallest absolute Gasteiger partial charge is 0.263 e. The Morgan fingerprint density at radius 2 is 1.86 bits per heavy atom. The Kier molecular flexibility index (Phi) is 3.67. The van der Waals surface area contributed by atoms with E-state index in [2.05, 4.69) is 19.9 Å². The molecule has 9 heteroatoms. The summed E-state index contributed by atoms with van der Waals surface area (Å²) in [6.07, 6.45) is 1.53.